The molecular formula is C17H18N2O4. The molecule has 0 amide bonds. The highest BCUT2D eigenvalue weighted by Crippen LogP contribution is 2.24. The predicted octanol–water partition coefficient (Wildman–Crippen LogP) is 3.27. The normalized spacial score (nSPS) is 11.0. The van der Waals surface area contributed by atoms with E-state index in [1.54, 1.807) is 12.1 Å². The Labute approximate surface area is 133 Å². The molecule has 0 radical (unpaired) electrons. The van der Waals surface area contributed by atoms with Gasteiger partial charge in [-0.15, -0.1) is 10.2 Å². The van der Waals surface area contributed by atoms with Crippen molar-refractivity contribution < 1.29 is 13.6 Å². The molecule has 1 aromatic carbocycles. The second-order valence-corrected chi connectivity index (χ2v) is 5.23. The quantitative estimate of drug-likeness (QED) is 0.650. The predicted molar refractivity (Wildman–Crippen MR) is 84.5 cm³/mol. The summed E-state index contributed by atoms with van der Waals surface area (Å²) >= 11 is 0. The molecule has 0 bridgehead atoms. The van der Waals surface area contributed by atoms with Crippen molar-refractivity contribution in [1.29, 1.82) is 0 Å². The summed E-state index contributed by atoms with van der Waals surface area (Å²) in [6.45, 7) is 4.20. The van der Waals surface area contributed by atoms with Crippen molar-refractivity contribution >= 4 is 11.0 Å². The molecule has 0 fully saturated rings. The zero-order valence-electron chi connectivity index (χ0n) is 13.2. The number of benzene rings is 1. The van der Waals surface area contributed by atoms with E-state index in [9.17, 15) is 4.79 Å². The summed E-state index contributed by atoms with van der Waals surface area (Å²) in [5.74, 6) is 1.59. The van der Waals surface area contributed by atoms with Crippen LogP contribution in [0.25, 0.3) is 11.0 Å². The molecule has 2 heterocycles. The second-order valence-electron chi connectivity index (χ2n) is 5.23. The van der Waals surface area contributed by atoms with Gasteiger partial charge >= 0.3 is 5.63 Å². The summed E-state index contributed by atoms with van der Waals surface area (Å²) in [4.78, 5) is 11.7. The fourth-order valence-electron chi connectivity index (χ4n) is 2.41. The Balaban J connectivity index is 1.83. The average Bonchev–Trinajstić information content (AvgIpc) is 3.01. The minimum absolute atomic E-state index is 0.178. The number of hydrogen-bond acceptors (Lipinski definition) is 6. The Morgan fingerprint density at radius 2 is 1.91 bits per heavy atom. The Morgan fingerprint density at radius 3 is 2.65 bits per heavy atom. The van der Waals surface area contributed by atoms with Gasteiger partial charge in [0.15, 0.2) is 6.61 Å². The van der Waals surface area contributed by atoms with Crippen molar-refractivity contribution in [2.75, 3.05) is 0 Å². The highest BCUT2D eigenvalue weighted by atomic mass is 16.5. The number of fused-ring (bicyclic) bond motifs is 1. The van der Waals surface area contributed by atoms with Gasteiger partial charge in [0, 0.05) is 23.9 Å². The lowest BCUT2D eigenvalue weighted by Gasteiger charge is -2.07. The van der Waals surface area contributed by atoms with Gasteiger partial charge in [-0.25, -0.2) is 4.79 Å². The van der Waals surface area contributed by atoms with E-state index in [2.05, 4.69) is 17.1 Å². The van der Waals surface area contributed by atoms with Crippen molar-refractivity contribution in [3.63, 3.8) is 0 Å². The van der Waals surface area contributed by atoms with E-state index in [-0.39, 0.29) is 12.2 Å². The van der Waals surface area contributed by atoms with Crippen LogP contribution in [0.1, 0.15) is 37.6 Å². The lowest BCUT2D eigenvalue weighted by molar-refractivity contribution is 0.259. The molecule has 0 saturated carbocycles. The lowest BCUT2D eigenvalue weighted by Crippen LogP contribution is -2.01. The molecule has 0 saturated heterocycles. The fraction of sp³-hybridized carbons (Fsp3) is 0.353. The molecule has 6 heteroatoms. The van der Waals surface area contributed by atoms with Gasteiger partial charge in [-0.3, -0.25) is 0 Å². The third-order valence-electron chi connectivity index (χ3n) is 3.49. The summed E-state index contributed by atoms with van der Waals surface area (Å²) in [7, 11) is 0. The number of aromatic nitrogens is 2. The average molecular weight is 314 g/mol. The number of aryl methyl sites for hydroxylation is 2. The van der Waals surface area contributed by atoms with Gasteiger partial charge in [0.05, 0.1) is 0 Å². The van der Waals surface area contributed by atoms with Crippen LogP contribution in [-0.2, 0) is 19.4 Å². The molecule has 3 rings (SSSR count). The van der Waals surface area contributed by atoms with Crippen LogP contribution in [0.3, 0.4) is 0 Å². The fourth-order valence-corrected chi connectivity index (χ4v) is 2.41. The minimum atomic E-state index is -0.345. The van der Waals surface area contributed by atoms with Gasteiger partial charge in [0.25, 0.3) is 5.89 Å². The zero-order chi connectivity index (χ0) is 16.2. The van der Waals surface area contributed by atoms with Crippen molar-refractivity contribution in [3.05, 3.63) is 52.0 Å². The topological polar surface area (TPSA) is 78.4 Å². The van der Waals surface area contributed by atoms with Crippen LogP contribution in [0.15, 0.2) is 37.9 Å². The molecule has 0 unspecified atom stereocenters. The van der Waals surface area contributed by atoms with Crippen molar-refractivity contribution in [2.24, 2.45) is 0 Å². The summed E-state index contributed by atoms with van der Waals surface area (Å²) in [6, 6.07) is 7.02. The maximum absolute atomic E-state index is 11.7. The first-order valence-corrected chi connectivity index (χ1v) is 7.70. The van der Waals surface area contributed by atoms with Gasteiger partial charge in [-0.1, -0.05) is 20.3 Å². The first-order valence-electron chi connectivity index (χ1n) is 7.70. The molecule has 0 atom stereocenters. The Hall–Kier alpha value is -2.63. The highest BCUT2D eigenvalue weighted by molar-refractivity contribution is 5.81. The van der Waals surface area contributed by atoms with E-state index in [1.165, 1.54) is 0 Å². The second kappa shape index (κ2) is 6.64. The molecule has 120 valence electrons. The first kappa shape index (κ1) is 15.3. The first-order chi connectivity index (χ1) is 11.2. The number of hydrogen-bond donors (Lipinski definition) is 0. The van der Waals surface area contributed by atoms with Gasteiger partial charge in [0.2, 0.25) is 5.89 Å². The van der Waals surface area contributed by atoms with Gasteiger partial charge in [-0.05, 0) is 24.1 Å². The van der Waals surface area contributed by atoms with Crippen LogP contribution in [0.4, 0.5) is 0 Å². The van der Waals surface area contributed by atoms with E-state index in [1.807, 2.05) is 19.1 Å². The number of rotatable bonds is 6. The van der Waals surface area contributed by atoms with E-state index >= 15 is 0 Å². The molecule has 0 aliphatic carbocycles. The number of ether oxygens (including phenoxy) is 1. The maximum Gasteiger partial charge on any atom is 0.336 e. The lowest BCUT2D eigenvalue weighted by atomic mass is 10.1. The standard InChI is InChI=1S/C17H18N2O4/c1-3-5-11-8-17(20)22-14-9-12(6-7-13(11)14)21-10-16-19-18-15(4-2)23-16/h6-9H,3-5,10H2,1-2H3. The van der Waals surface area contributed by atoms with Gasteiger partial charge < -0.3 is 13.6 Å². The van der Waals surface area contributed by atoms with Gasteiger partial charge in [0.1, 0.15) is 11.3 Å². The van der Waals surface area contributed by atoms with Crippen LogP contribution in [0.2, 0.25) is 0 Å². The SMILES string of the molecule is CCCc1cc(=O)oc2cc(OCc3nnc(CC)o3)ccc12. The zero-order valence-corrected chi connectivity index (χ0v) is 13.2. The van der Waals surface area contributed by atoms with Gasteiger partial charge in [-0.2, -0.15) is 0 Å². The van der Waals surface area contributed by atoms with Crippen LogP contribution in [-0.4, -0.2) is 10.2 Å². The molecule has 3 aromatic rings. The monoisotopic (exact) mass is 314 g/mol. The maximum atomic E-state index is 11.7. The molecule has 0 aliphatic heterocycles. The molecule has 23 heavy (non-hydrogen) atoms. The third-order valence-corrected chi connectivity index (χ3v) is 3.49. The molecule has 2 aromatic heterocycles. The Bertz CT molecular complexity index is 866. The van der Waals surface area contributed by atoms with Crippen LogP contribution >= 0.6 is 0 Å². The van der Waals surface area contributed by atoms with Crippen molar-refractivity contribution in [2.45, 2.75) is 39.7 Å². The summed E-state index contributed by atoms with van der Waals surface area (Å²) in [6.07, 6.45) is 2.49. The molecule has 0 aliphatic rings. The van der Waals surface area contributed by atoms with Crippen molar-refractivity contribution in [3.8, 4) is 5.75 Å². The summed E-state index contributed by atoms with van der Waals surface area (Å²) in [5.41, 5.74) is 1.18. The largest absolute Gasteiger partial charge is 0.484 e. The molecule has 0 spiro atoms. The highest BCUT2D eigenvalue weighted by Gasteiger charge is 2.08. The van der Waals surface area contributed by atoms with Crippen LogP contribution in [0.5, 0.6) is 5.75 Å². The third kappa shape index (κ3) is 3.41. The van der Waals surface area contributed by atoms with E-state index in [0.717, 1.165) is 23.8 Å². The van der Waals surface area contributed by atoms with E-state index in [4.69, 9.17) is 13.6 Å². The Kier molecular flexibility index (Phi) is 4.41. The minimum Gasteiger partial charge on any atom is -0.484 e. The molecule has 0 N–H and O–H groups in total. The molecule has 6 nitrogen and oxygen atoms in total. The Morgan fingerprint density at radius 1 is 1.09 bits per heavy atom. The van der Waals surface area contributed by atoms with E-state index in [0.29, 0.717) is 29.5 Å². The number of nitrogens with zero attached hydrogens (tertiary/aromatic N) is 2. The van der Waals surface area contributed by atoms with E-state index < -0.39 is 0 Å². The summed E-state index contributed by atoms with van der Waals surface area (Å²) < 4.78 is 16.3. The molecular weight excluding hydrogens is 296 g/mol. The van der Waals surface area contributed by atoms with Crippen molar-refractivity contribution in [1.82, 2.24) is 10.2 Å². The smallest absolute Gasteiger partial charge is 0.336 e. The van der Waals surface area contributed by atoms with Crippen LogP contribution < -0.4 is 10.4 Å². The van der Waals surface area contributed by atoms with Crippen LogP contribution in [0, 0.1) is 0 Å². The summed E-state index contributed by atoms with van der Waals surface area (Å²) in [5, 5.41) is 8.72.